The van der Waals surface area contributed by atoms with E-state index >= 15 is 0 Å². The highest BCUT2D eigenvalue weighted by molar-refractivity contribution is 8.37. The van der Waals surface area contributed by atoms with E-state index in [-0.39, 0.29) is 18.5 Å². The van der Waals surface area contributed by atoms with E-state index in [0.717, 1.165) is 12.8 Å². The smallest absolute Gasteiger partial charge is 0.155 e. The highest BCUT2D eigenvalue weighted by Gasteiger charge is 2.43. The maximum Gasteiger partial charge on any atom is 0.155 e. The van der Waals surface area contributed by atoms with Crippen molar-refractivity contribution in [3.05, 3.63) is 34.3 Å². The number of Topliss-reactive ketones (excluding diaryl/α,β-unsaturated/α-hetero) is 1. The number of carbonyl (C=O) groups is 1. The monoisotopic (exact) mass is 394 g/mol. The van der Waals surface area contributed by atoms with Crippen LogP contribution in [0.4, 0.5) is 0 Å². The molecule has 0 aromatic carbocycles. The molecular formula is C23H38O3S. The highest BCUT2D eigenvalue weighted by atomic mass is 32.3. The maximum absolute atomic E-state index is 11.2. The van der Waals surface area contributed by atoms with Gasteiger partial charge in [-0.1, -0.05) is 42.7 Å². The van der Waals surface area contributed by atoms with Gasteiger partial charge in [-0.05, 0) is 69.3 Å². The Hall–Kier alpha value is -0.840. The Morgan fingerprint density at radius 1 is 1.44 bits per heavy atom. The third-order valence-electron chi connectivity index (χ3n) is 5.88. The van der Waals surface area contributed by atoms with Gasteiger partial charge in [0.2, 0.25) is 0 Å². The van der Waals surface area contributed by atoms with Gasteiger partial charge in [-0.3, -0.25) is 4.79 Å². The summed E-state index contributed by atoms with van der Waals surface area (Å²) in [6, 6.07) is 0. The van der Waals surface area contributed by atoms with Gasteiger partial charge < -0.3 is 9.84 Å². The molecule has 1 fully saturated rings. The second-order valence-corrected chi connectivity index (χ2v) is 12.3. The quantitative estimate of drug-likeness (QED) is 0.588. The number of fused-ring (bicyclic) bond motifs is 1. The van der Waals surface area contributed by atoms with Gasteiger partial charge in [0.05, 0.1) is 12.7 Å². The summed E-state index contributed by atoms with van der Waals surface area (Å²) in [6.07, 6.45) is 14.8. The topological polar surface area (TPSA) is 46.5 Å². The Bertz CT molecular complexity index is 617. The number of ketones is 1. The standard InChI is InChI=1S/C23H38O3S/c1-6-7-20-12-13-27(5)21(16-26-15-19(4)25)9-11-23(27)22(20)10-8-17(2)14-18(3)24/h8-10,18,20,23-24H,6-7,11-16H2,1-5H3/b17-8+,22-10+. The van der Waals surface area contributed by atoms with E-state index in [9.17, 15) is 9.90 Å². The Labute approximate surface area is 167 Å². The molecule has 0 aromatic heterocycles. The fourth-order valence-corrected chi connectivity index (χ4v) is 8.42. The molecule has 2 heterocycles. The van der Waals surface area contributed by atoms with Gasteiger partial charge in [-0.15, -0.1) is 0 Å². The van der Waals surface area contributed by atoms with E-state index in [4.69, 9.17) is 4.74 Å². The summed E-state index contributed by atoms with van der Waals surface area (Å²) in [7, 11) is -0.878. The number of allylic oxidation sites excluding steroid dienone is 3. The van der Waals surface area contributed by atoms with Crippen LogP contribution in [0.5, 0.6) is 0 Å². The third-order valence-corrected chi connectivity index (χ3v) is 10.2. The fraction of sp³-hybridized carbons (Fsp3) is 0.696. The lowest BCUT2D eigenvalue weighted by Gasteiger charge is -2.49. The maximum atomic E-state index is 11.2. The molecule has 3 nitrogen and oxygen atoms in total. The fourth-order valence-electron chi connectivity index (χ4n) is 4.51. The minimum Gasteiger partial charge on any atom is -0.393 e. The zero-order valence-electron chi connectivity index (χ0n) is 17.8. The molecule has 0 saturated carbocycles. The van der Waals surface area contributed by atoms with E-state index in [2.05, 4.69) is 38.3 Å². The predicted octanol–water partition coefficient (Wildman–Crippen LogP) is 5.15. The molecule has 0 radical (unpaired) electrons. The van der Waals surface area contributed by atoms with Crippen LogP contribution in [0.3, 0.4) is 0 Å². The van der Waals surface area contributed by atoms with Crippen LogP contribution >= 0.6 is 10.0 Å². The van der Waals surface area contributed by atoms with Crippen LogP contribution < -0.4 is 0 Å². The minimum absolute atomic E-state index is 0.0938. The average molecular weight is 395 g/mol. The number of hydrogen-bond acceptors (Lipinski definition) is 3. The summed E-state index contributed by atoms with van der Waals surface area (Å²) in [6.45, 7) is 8.66. The second kappa shape index (κ2) is 10.1. The van der Waals surface area contributed by atoms with E-state index < -0.39 is 10.0 Å². The predicted molar refractivity (Wildman–Crippen MR) is 118 cm³/mol. The lowest BCUT2D eigenvalue weighted by Crippen LogP contribution is -2.31. The summed E-state index contributed by atoms with van der Waals surface area (Å²) in [5, 5.41) is 10.3. The van der Waals surface area contributed by atoms with E-state index in [0.29, 0.717) is 17.8 Å². The molecule has 0 bridgehead atoms. The molecule has 1 saturated heterocycles. The molecule has 0 aromatic rings. The molecule has 0 amide bonds. The van der Waals surface area contributed by atoms with Gasteiger partial charge in [0, 0.05) is 5.25 Å². The first-order valence-electron chi connectivity index (χ1n) is 10.3. The first kappa shape index (κ1) is 22.4. The van der Waals surface area contributed by atoms with Gasteiger partial charge in [-0.25, -0.2) is 10.0 Å². The largest absolute Gasteiger partial charge is 0.393 e. The SMILES string of the molecule is CCCC1CCS2(C)C(COCC(C)=O)=CCC2/C1=C/C=C(\C)CC(C)O. The van der Waals surface area contributed by atoms with Gasteiger partial charge in [-0.2, -0.15) is 0 Å². The molecule has 154 valence electrons. The Morgan fingerprint density at radius 2 is 2.19 bits per heavy atom. The summed E-state index contributed by atoms with van der Waals surface area (Å²) < 4.78 is 5.69. The van der Waals surface area contributed by atoms with E-state index in [1.54, 1.807) is 12.5 Å². The summed E-state index contributed by atoms with van der Waals surface area (Å²) in [5.74, 6) is 2.06. The molecule has 4 atom stereocenters. The zero-order valence-corrected chi connectivity index (χ0v) is 18.6. The lowest BCUT2D eigenvalue weighted by molar-refractivity contribution is -0.121. The van der Waals surface area contributed by atoms with Crippen LogP contribution in [0.15, 0.2) is 34.3 Å². The third kappa shape index (κ3) is 5.82. The van der Waals surface area contributed by atoms with Crippen molar-refractivity contribution in [1.82, 2.24) is 0 Å². The van der Waals surface area contributed by atoms with Crippen molar-refractivity contribution in [2.75, 3.05) is 25.2 Å². The minimum atomic E-state index is -0.878. The molecule has 2 aliphatic heterocycles. The van der Waals surface area contributed by atoms with Crippen LogP contribution in [0.1, 0.15) is 59.8 Å². The molecule has 2 rings (SSSR count). The number of carbonyl (C=O) groups excluding carboxylic acids is 1. The second-order valence-electron chi connectivity index (χ2n) is 8.46. The van der Waals surface area contributed by atoms with Crippen molar-refractivity contribution in [3.63, 3.8) is 0 Å². The number of hydrogen-bond donors (Lipinski definition) is 1. The summed E-state index contributed by atoms with van der Waals surface area (Å²) >= 11 is 0. The Balaban J connectivity index is 2.19. The van der Waals surface area contributed by atoms with Crippen molar-refractivity contribution in [2.24, 2.45) is 5.92 Å². The van der Waals surface area contributed by atoms with Crippen LogP contribution in [-0.4, -0.2) is 47.5 Å². The van der Waals surface area contributed by atoms with Crippen molar-refractivity contribution in [3.8, 4) is 0 Å². The van der Waals surface area contributed by atoms with Crippen LogP contribution in [0.25, 0.3) is 0 Å². The number of aliphatic hydroxyl groups excluding tert-OH is 1. The van der Waals surface area contributed by atoms with Crippen molar-refractivity contribution < 1.29 is 14.6 Å². The number of aliphatic hydroxyl groups is 1. The molecule has 27 heavy (non-hydrogen) atoms. The van der Waals surface area contributed by atoms with Crippen molar-refractivity contribution in [1.29, 1.82) is 0 Å². The molecule has 0 spiro atoms. The van der Waals surface area contributed by atoms with Gasteiger partial charge in [0.1, 0.15) is 6.61 Å². The Morgan fingerprint density at radius 3 is 2.81 bits per heavy atom. The van der Waals surface area contributed by atoms with Gasteiger partial charge in [0.25, 0.3) is 0 Å². The molecule has 4 unspecified atom stereocenters. The molecule has 4 heteroatoms. The van der Waals surface area contributed by atoms with E-state index in [1.807, 2.05) is 6.92 Å². The molecule has 1 N–H and O–H groups in total. The van der Waals surface area contributed by atoms with Crippen molar-refractivity contribution in [2.45, 2.75) is 71.2 Å². The molecule has 2 aliphatic rings. The summed E-state index contributed by atoms with van der Waals surface area (Å²) in [4.78, 5) is 12.7. The summed E-state index contributed by atoms with van der Waals surface area (Å²) in [5.41, 5.74) is 2.86. The Kier molecular flexibility index (Phi) is 8.39. The average Bonchev–Trinajstić information content (AvgIpc) is 2.90. The van der Waals surface area contributed by atoms with Gasteiger partial charge >= 0.3 is 0 Å². The number of rotatable bonds is 9. The van der Waals surface area contributed by atoms with Crippen LogP contribution in [0, 0.1) is 5.92 Å². The van der Waals surface area contributed by atoms with E-state index in [1.165, 1.54) is 35.5 Å². The van der Waals surface area contributed by atoms with Crippen LogP contribution in [0.2, 0.25) is 0 Å². The zero-order chi connectivity index (χ0) is 20.0. The molecular weight excluding hydrogens is 356 g/mol. The first-order valence-corrected chi connectivity index (χ1v) is 12.6. The molecule has 0 aliphatic carbocycles. The number of ether oxygens (including phenoxy) is 1. The highest BCUT2D eigenvalue weighted by Crippen LogP contribution is 2.67. The first-order chi connectivity index (χ1) is 12.8. The lowest BCUT2D eigenvalue weighted by atomic mass is 9.87. The van der Waals surface area contributed by atoms with Crippen LogP contribution in [-0.2, 0) is 9.53 Å². The normalized spacial score (nSPS) is 33.3. The van der Waals surface area contributed by atoms with Crippen molar-refractivity contribution >= 4 is 15.8 Å². The van der Waals surface area contributed by atoms with Gasteiger partial charge in [0.15, 0.2) is 5.78 Å².